The normalized spacial score (nSPS) is 11.3. The third kappa shape index (κ3) is 3.59. The van der Waals surface area contributed by atoms with Gasteiger partial charge in [0.25, 0.3) is 5.91 Å². The average molecular weight is 252 g/mol. The van der Waals surface area contributed by atoms with E-state index in [-0.39, 0.29) is 5.69 Å². The topological polar surface area (TPSA) is 105 Å². The molecule has 0 atom stereocenters. The fourth-order valence-electron chi connectivity index (χ4n) is 1.65. The lowest BCUT2D eigenvalue weighted by atomic mass is 10.1. The molecule has 5 N–H and O–H groups in total. The predicted octanol–water partition coefficient (Wildman–Crippen LogP) is 0.360. The van der Waals surface area contributed by atoms with Gasteiger partial charge < -0.3 is 21.5 Å². The Morgan fingerprint density at radius 1 is 1.50 bits per heavy atom. The first-order chi connectivity index (χ1) is 8.24. The number of hydrogen-bond donors (Lipinski definition) is 3. The molecule has 1 aromatic rings. The molecule has 1 amide bonds. The summed E-state index contributed by atoms with van der Waals surface area (Å²) in [6.45, 7) is 6.30. The zero-order valence-corrected chi connectivity index (χ0v) is 11.0. The van der Waals surface area contributed by atoms with Crippen molar-refractivity contribution in [3.05, 3.63) is 17.8 Å². The molecule has 0 bridgehead atoms. The molecule has 6 heteroatoms. The fourth-order valence-corrected chi connectivity index (χ4v) is 1.65. The van der Waals surface area contributed by atoms with Crippen LogP contribution in [0.3, 0.4) is 0 Å². The standard InChI is InChI=1S/C12H20N4O2/c1-4-16(7-12(2,3)18)11-8(13)5-6-9(15-11)10(14)17/h5-6,18H,4,7,13H2,1-3H3,(H2,14,17). The third-order valence-corrected chi connectivity index (χ3v) is 2.42. The van der Waals surface area contributed by atoms with E-state index in [0.717, 1.165) is 0 Å². The monoisotopic (exact) mass is 252 g/mol. The van der Waals surface area contributed by atoms with Gasteiger partial charge in [0.05, 0.1) is 11.3 Å². The van der Waals surface area contributed by atoms with Gasteiger partial charge in [-0.1, -0.05) is 0 Å². The van der Waals surface area contributed by atoms with E-state index in [9.17, 15) is 9.90 Å². The van der Waals surface area contributed by atoms with Crippen LogP contribution in [0.2, 0.25) is 0 Å². The van der Waals surface area contributed by atoms with Crippen LogP contribution in [0.5, 0.6) is 0 Å². The maximum Gasteiger partial charge on any atom is 0.267 e. The SMILES string of the molecule is CCN(CC(C)(C)O)c1nc(C(N)=O)ccc1N. The average Bonchev–Trinajstić information content (AvgIpc) is 2.25. The van der Waals surface area contributed by atoms with Crippen LogP contribution in [0.15, 0.2) is 12.1 Å². The van der Waals surface area contributed by atoms with Gasteiger partial charge in [0.15, 0.2) is 5.82 Å². The molecule has 0 aliphatic rings. The number of aromatic nitrogens is 1. The minimum Gasteiger partial charge on any atom is -0.396 e. The van der Waals surface area contributed by atoms with Crippen molar-refractivity contribution in [2.75, 3.05) is 23.7 Å². The number of aliphatic hydroxyl groups is 1. The molecule has 0 radical (unpaired) electrons. The van der Waals surface area contributed by atoms with Crippen molar-refractivity contribution in [2.24, 2.45) is 5.73 Å². The first-order valence-electron chi connectivity index (χ1n) is 5.78. The molecule has 0 aliphatic carbocycles. The Morgan fingerprint density at radius 3 is 2.56 bits per heavy atom. The highest BCUT2D eigenvalue weighted by atomic mass is 16.3. The maximum atomic E-state index is 11.1. The van der Waals surface area contributed by atoms with Gasteiger partial charge >= 0.3 is 0 Å². The molecule has 6 nitrogen and oxygen atoms in total. The zero-order chi connectivity index (χ0) is 13.9. The lowest BCUT2D eigenvalue weighted by molar-refractivity contribution is 0.0874. The molecule has 18 heavy (non-hydrogen) atoms. The van der Waals surface area contributed by atoms with Gasteiger partial charge in [-0.05, 0) is 32.9 Å². The van der Waals surface area contributed by atoms with E-state index in [1.54, 1.807) is 19.9 Å². The summed E-state index contributed by atoms with van der Waals surface area (Å²) in [5.74, 6) is -0.133. The first kappa shape index (κ1) is 14.2. The molecule has 1 rings (SSSR count). The lowest BCUT2D eigenvalue weighted by Gasteiger charge is -2.29. The number of likely N-dealkylation sites (N-methyl/N-ethyl adjacent to an activating group) is 1. The van der Waals surface area contributed by atoms with Crippen LogP contribution in [0.1, 0.15) is 31.3 Å². The van der Waals surface area contributed by atoms with Gasteiger partial charge in [0.2, 0.25) is 0 Å². The molecular weight excluding hydrogens is 232 g/mol. The Balaban J connectivity index is 3.12. The second kappa shape index (κ2) is 5.22. The smallest absolute Gasteiger partial charge is 0.267 e. The number of pyridine rings is 1. The zero-order valence-electron chi connectivity index (χ0n) is 11.0. The minimum atomic E-state index is -0.882. The summed E-state index contributed by atoms with van der Waals surface area (Å²) >= 11 is 0. The van der Waals surface area contributed by atoms with Crippen molar-refractivity contribution < 1.29 is 9.90 Å². The predicted molar refractivity (Wildman–Crippen MR) is 71.4 cm³/mol. The molecule has 0 spiro atoms. The number of carbonyl (C=O) groups excluding carboxylic acids is 1. The molecule has 1 aromatic heterocycles. The van der Waals surface area contributed by atoms with Crippen molar-refractivity contribution in [1.29, 1.82) is 0 Å². The van der Waals surface area contributed by atoms with Gasteiger partial charge in [0.1, 0.15) is 5.69 Å². The van der Waals surface area contributed by atoms with E-state index in [4.69, 9.17) is 11.5 Å². The number of carbonyl (C=O) groups is 1. The fraction of sp³-hybridized carbons (Fsp3) is 0.500. The highest BCUT2D eigenvalue weighted by Gasteiger charge is 2.20. The van der Waals surface area contributed by atoms with Gasteiger partial charge in [0, 0.05) is 13.1 Å². The summed E-state index contributed by atoms with van der Waals surface area (Å²) in [6.07, 6.45) is 0. The van der Waals surface area contributed by atoms with Crippen molar-refractivity contribution in [2.45, 2.75) is 26.4 Å². The molecule has 0 fully saturated rings. The molecule has 0 aliphatic heterocycles. The lowest BCUT2D eigenvalue weighted by Crippen LogP contribution is -2.39. The summed E-state index contributed by atoms with van der Waals surface area (Å²) in [5, 5.41) is 9.85. The van der Waals surface area contributed by atoms with E-state index in [1.165, 1.54) is 6.07 Å². The van der Waals surface area contributed by atoms with Crippen molar-refractivity contribution in [3.8, 4) is 0 Å². The molecule has 100 valence electrons. The highest BCUT2D eigenvalue weighted by Crippen LogP contribution is 2.22. The second-order valence-electron chi connectivity index (χ2n) is 4.80. The summed E-state index contributed by atoms with van der Waals surface area (Å²) in [4.78, 5) is 17.1. The first-order valence-corrected chi connectivity index (χ1v) is 5.78. The number of nitrogen functional groups attached to an aromatic ring is 1. The van der Waals surface area contributed by atoms with Crippen LogP contribution in [-0.2, 0) is 0 Å². The Kier molecular flexibility index (Phi) is 4.13. The maximum absolute atomic E-state index is 11.1. The quantitative estimate of drug-likeness (QED) is 0.701. The summed E-state index contributed by atoms with van der Waals surface area (Å²) in [5.41, 5.74) is 10.8. The Hall–Kier alpha value is -1.82. The molecule has 0 aromatic carbocycles. The van der Waals surface area contributed by atoms with E-state index < -0.39 is 11.5 Å². The highest BCUT2D eigenvalue weighted by molar-refractivity contribution is 5.91. The van der Waals surface area contributed by atoms with Crippen molar-refractivity contribution in [1.82, 2.24) is 4.98 Å². The van der Waals surface area contributed by atoms with Gasteiger partial charge in [-0.25, -0.2) is 4.98 Å². The number of hydrogen-bond acceptors (Lipinski definition) is 5. The van der Waals surface area contributed by atoms with Crippen LogP contribution in [0.4, 0.5) is 11.5 Å². The Labute approximate surface area is 107 Å². The summed E-state index contributed by atoms with van der Waals surface area (Å²) < 4.78 is 0. The second-order valence-corrected chi connectivity index (χ2v) is 4.80. The Bertz CT molecular complexity index is 440. The molecule has 0 saturated carbocycles. The number of amides is 1. The molecule has 0 unspecified atom stereocenters. The number of nitrogens with two attached hydrogens (primary N) is 2. The van der Waals surface area contributed by atoms with Crippen LogP contribution in [0.25, 0.3) is 0 Å². The van der Waals surface area contributed by atoms with Crippen molar-refractivity contribution in [3.63, 3.8) is 0 Å². The number of anilines is 2. The summed E-state index contributed by atoms with van der Waals surface area (Å²) in [7, 11) is 0. The van der Waals surface area contributed by atoms with Gasteiger partial charge in [-0.2, -0.15) is 0 Å². The van der Waals surface area contributed by atoms with Crippen LogP contribution >= 0.6 is 0 Å². The van der Waals surface area contributed by atoms with Crippen LogP contribution < -0.4 is 16.4 Å². The molecular formula is C12H20N4O2. The van der Waals surface area contributed by atoms with E-state index >= 15 is 0 Å². The number of primary amides is 1. The Morgan fingerprint density at radius 2 is 2.11 bits per heavy atom. The number of rotatable bonds is 5. The van der Waals surface area contributed by atoms with E-state index in [2.05, 4.69) is 4.98 Å². The molecule has 0 saturated heterocycles. The number of nitrogens with zero attached hydrogens (tertiary/aromatic N) is 2. The minimum absolute atomic E-state index is 0.161. The van der Waals surface area contributed by atoms with Gasteiger partial charge in [-0.3, -0.25) is 4.79 Å². The van der Waals surface area contributed by atoms with Crippen molar-refractivity contribution >= 4 is 17.4 Å². The van der Waals surface area contributed by atoms with Gasteiger partial charge in [-0.15, -0.1) is 0 Å². The molecule has 1 heterocycles. The van der Waals surface area contributed by atoms with E-state index in [1.807, 2.05) is 11.8 Å². The summed E-state index contributed by atoms with van der Waals surface area (Å²) in [6, 6.07) is 3.08. The van der Waals surface area contributed by atoms with Crippen LogP contribution in [0, 0.1) is 0 Å². The largest absolute Gasteiger partial charge is 0.396 e. The third-order valence-electron chi connectivity index (χ3n) is 2.42. The van der Waals surface area contributed by atoms with E-state index in [0.29, 0.717) is 24.6 Å². The van der Waals surface area contributed by atoms with Crippen LogP contribution in [-0.4, -0.2) is 34.7 Å².